The van der Waals surface area contributed by atoms with Crippen molar-refractivity contribution < 1.29 is 29.4 Å². The lowest BCUT2D eigenvalue weighted by Crippen LogP contribution is -2.55. The summed E-state index contributed by atoms with van der Waals surface area (Å²) in [6.45, 7) is 9.44. The average Bonchev–Trinajstić information content (AvgIpc) is 3.57. The summed E-state index contributed by atoms with van der Waals surface area (Å²) in [5, 5.41) is 23.1. The van der Waals surface area contributed by atoms with E-state index in [0.29, 0.717) is 47.4 Å². The van der Waals surface area contributed by atoms with Gasteiger partial charge in [0.05, 0.1) is 26.4 Å². The van der Waals surface area contributed by atoms with Gasteiger partial charge in [-0.1, -0.05) is 69.3 Å². The summed E-state index contributed by atoms with van der Waals surface area (Å²) in [4.78, 5) is 41.0. The molecule has 4 fully saturated rings. The molecule has 1 unspecified atom stereocenters. The van der Waals surface area contributed by atoms with Crippen molar-refractivity contribution in [2.75, 3.05) is 60.4 Å². The highest BCUT2D eigenvalue weighted by Gasteiger charge is 2.56. The molecule has 10 nitrogen and oxygen atoms in total. The Kier molecular flexibility index (Phi) is 13.7. The third kappa shape index (κ3) is 9.02. The summed E-state index contributed by atoms with van der Waals surface area (Å²) in [6, 6.07) is 21.3. The molecule has 3 aliphatic carbocycles. The molecule has 4 aliphatic rings. The standard InChI is InChI=1S/C48H68N4O6/c1-30-33(23-37-26-41(30)48(37,3)4)19-20-42(55)45-44(31(2)54)43(29-53)58-52(45)27-34-17-14-18-40(46(34)57-10)35-22-36(25-38(24-35)50(7)8)47(56)51(9)39(28-49(5)6)21-32-15-12-11-13-16-32/h11-18,22,24-25,30-31,33,37,39,41,43-45,53-54H,19-21,23,26-29H2,1-10H3/t30-,31+,33+,37+,39+,41+,43+,44?,45-/m1/s1. The fourth-order valence-corrected chi connectivity index (χ4v) is 10.6. The SMILES string of the molecule is COc1c(CN2O[C@@H](CO)C([C@H](C)O)[C@H]2C(=O)CC[C@H]2C[C@H]3C[C@@H]([C@@H]2C)C3(C)C)cccc1-c1cc(C(=O)N(C)[C@@H](Cc2ccccc2)CN(C)C)cc(N(C)C)c1. The largest absolute Gasteiger partial charge is 0.496 e. The first-order valence-electron chi connectivity index (χ1n) is 21.2. The van der Waals surface area contributed by atoms with Gasteiger partial charge in [-0.15, -0.1) is 0 Å². The second-order valence-electron chi connectivity index (χ2n) is 18.6. The molecule has 58 heavy (non-hydrogen) atoms. The Bertz CT molecular complexity index is 1880. The molecule has 0 spiro atoms. The van der Waals surface area contributed by atoms with Gasteiger partial charge in [0.2, 0.25) is 0 Å². The average molecular weight is 797 g/mol. The van der Waals surface area contributed by atoms with Crippen LogP contribution in [0.5, 0.6) is 5.75 Å². The van der Waals surface area contributed by atoms with E-state index < -0.39 is 24.2 Å². The number of Topliss-reactive ketones (excluding diaryl/α,β-unsaturated/α-hetero) is 1. The first-order chi connectivity index (χ1) is 27.5. The molecular weight excluding hydrogens is 729 g/mol. The first kappa shape index (κ1) is 43.8. The van der Waals surface area contributed by atoms with Crippen LogP contribution in [-0.2, 0) is 22.6 Å². The number of hydrogen-bond acceptors (Lipinski definition) is 9. The molecule has 1 heterocycles. The third-order valence-electron chi connectivity index (χ3n) is 14.1. The number of methoxy groups -OCH3 is 1. The number of ketones is 1. The maximum absolute atomic E-state index is 14.4. The lowest BCUT2D eigenvalue weighted by molar-refractivity contribution is -0.181. The zero-order valence-corrected chi connectivity index (χ0v) is 36.5. The number of likely N-dealkylation sites (N-methyl/N-ethyl adjacent to an activating group) is 2. The zero-order valence-electron chi connectivity index (χ0n) is 36.5. The van der Waals surface area contributed by atoms with Crippen molar-refractivity contribution >= 4 is 17.4 Å². The van der Waals surface area contributed by atoms with Crippen molar-refractivity contribution in [2.45, 2.75) is 90.6 Å². The van der Waals surface area contributed by atoms with E-state index in [1.165, 1.54) is 12.0 Å². The Morgan fingerprint density at radius 2 is 1.72 bits per heavy atom. The molecule has 0 aromatic heterocycles. The minimum absolute atomic E-state index is 0.0356. The molecule has 2 bridgehead atoms. The number of amides is 1. The minimum Gasteiger partial charge on any atom is -0.496 e. The Labute approximate surface area is 347 Å². The molecule has 7 rings (SSSR count). The fraction of sp³-hybridized carbons (Fsp3) is 0.583. The van der Waals surface area contributed by atoms with Crippen LogP contribution in [0.15, 0.2) is 66.7 Å². The van der Waals surface area contributed by atoms with Crippen LogP contribution in [0.4, 0.5) is 5.69 Å². The Morgan fingerprint density at radius 1 is 1.00 bits per heavy atom. The number of para-hydroxylation sites is 1. The van der Waals surface area contributed by atoms with Gasteiger partial charge < -0.3 is 29.6 Å². The van der Waals surface area contributed by atoms with Gasteiger partial charge in [-0.3, -0.25) is 14.4 Å². The predicted molar refractivity (Wildman–Crippen MR) is 231 cm³/mol. The van der Waals surface area contributed by atoms with Crippen molar-refractivity contribution in [1.82, 2.24) is 14.9 Å². The Hall–Kier alpha value is -3.80. The predicted octanol–water partition coefficient (Wildman–Crippen LogP) is 6.81. The smallest absolute Gasteiger partial charge is 0.253 e. The molecule has 3 saturated carbocycles. The van der Waals surface area contributed by atoms with Gasteiger partial charge in [0, 0.05) is 68.4 Å². The summed E-state index contributed by atoms with van der Waals surface area (Å²) in [5.74, 6) is 2.49. The van der Waals surface area contributed by atoms with Gasteiger partial charge in [-0.25, -0.2) is 0 Å². The van der Waals surface area contributed by atoms with Crippen molar-refractivity contribution in [2.24, 2.45) is 35.0 Å². The second-order valence-corrected chi connectivity index (χ2v) is 18.6. The molecular formula is C48H68N4O6. The van der Waals surface area contributed by atoms with E-state index >= 15 is 0 Å². The number of aliphatic hydroxyl groups excluding tert-OH is 2. The fourth-order valence-electron chi connectivity index (χ4n) is 10.6. The number of hydroxylamine groups is 2. The van der Waals surface area contributed by atoms with Gasteiger partial charge in [-0.2, -0.15) is 5.06 Å². The summed E-state index contributed by atoms with van der Waals surface area (Å²) >= 11 is 0. The number of carbonyl (C=O) groups is 2. The van der Waals surface area contributed by atoms with Gasteiger partial charge in [0.15, 0.2) is 5.78 Å². The maximum Gasteiger partial charge on any atom is 0.253 e. The van der Waals surface area contributed by atoms with Crippen molar-refractivity contribution in [1.29, 1.82) is 0 Å². The highest BCUT2D eigenvalue weighted by molar-refractivity contribution is 5.97. The van der Waals surface area contributed by atoms with Crippen LogP contribution >= 0.6 is 0 Å². The molecule has 9 atom stereocenters. The van der Waals surface area contributed by atoms with Crippen molar-refractivity contribution in [3.63, 3.8) is 0 Å². The monoisotopic (exact) mass is 797 g/mol. The Morgan fingerprint density at radius 3 is 2.33 bits per heavy atom. The maximum atomic E-state index is 14.4. The zero-order chi connectivity index (χ0) is 42.1. The second kappa shape index (κ2) is 18.2. The molecule has 2 N–H and O–H groups in total. The van der Waals surface area contributed by atoms with Crippen LogP contribution in [0.3, 0.4) is 0 Å². The topological polar surface area (TPSA) is 106 Å². The van der Waals surface area contributed by atoms with E-state index in [-0.39, 0.29) is 30.9 Å². The molecule has 3 aromatic carbocycles. The molecule has 10 heteroatoms. The van der Waals surface area contributed by atoms with Crippen molar-refractivity contribution in [3.05, 3.63) is 83.4 Å². The van der Waals surface area contributed by atoms with Crippen LogP contribution in [0.2, 0.25) is 0 Å². The van der Waals surface area contributed by atoms with E-state index in [4.69, 9.17) is 9.57 Å². The van der Waals surface area contributed by atoms with Gasteiger partial charge in [0.25, 0.3) is 5.91 Å². The minimum atomic E-state index is -0.862. The summed E-state index contributed by atoms with van der Waals surface area (Å²) in [7, 11) is 11.5. The molecule has 316 valence electrons. The van der Waals surface area contributed by atoms with E-state index in [9.17, 15) is 19.8 Å². The highest BCUT2D eigenvalue weighted by atomic mass is 16.7. The third-order valence-corrected chi connectivity index (χ3v) is 14.1. The van der Waals surface area contributed by atoms with Gasteiger partial charge >= 0.3 is 0 Å². The highest BCUT2D eigenvalue weighted by Crippen LogP contribution is 2.63. The van der Waals surface area contributed by atoms with E-state index in [2.05, 4.69) is 43.9 Å². The number of aliphatic hydroxyl groups is 2. The van der Waals surface area contributed by atoms with Crippen LogP contribution in [-0.4, -0.2) is 117 Å². The molecule has 3 aromatic rings. The van der Waals surface area contributed by atoms with Crippen LogP contribution < -0.4 is 9.64 Å². The number of nitrogens with zero attached hydrogens (tertiary/aromatic N) is 4. The van der Waals surface area contributed by atoms with E-state index in [0.717, 1.165) is 47.6 Å². The molecule has 1 saturated heterocycles. The number of fused-ring (bicyclic) bond motifs is 2. The number of ether oxygens (including phenoxy) is 1. The molecule has 0 radical (unpaired) electrons. The molecule has 1 amide bonds. The number of carbonyl (C=O) groups excluding carboxylic acids is 2. The summed E-state index contributed by atoms with van der Waals surface area (Å²) in [6.07, 6.45) is 2.83. The first-order valence-corrected chi connectivity index (χ1v) is 21.2. The van der Waals surface area contributed by atoms with Crippen LogP contribution in [0, 0.1) is 35.0 Å². The number of anilines is 1. The van der Waals surface area contributed by atoms with Crippen LogP contribution in [0.1, 0.15) is 74.9 Å². The normalized spacial score (nSPS) is 26.2. The lowest BCUT2D eigenvalue weighted by Gasteiger charge is -2.62. The van der Waals surface area contributed by atoms with Gasteiger partial charge in [-0.05, 0) is 105 Å². The van der Waals surface area contributed by atoms with E-state index in [1.54, 1.807) is 19.1 Å². The number of rotatable bonds is 17. The van der Waals surface area contributed by atoms with Crippen molar-refractivity contribution in [3.8, 4) is 16.9 Å². The summed E-state index contributed by atoms with van der Waals surface area (Å²) in [5.41, 5.74) is 5.42. The number of benzene rings is 3. The van der Waals surface area contributed by atoms with Gasteiger partial charge in [0.1, 0.15) is 17.9 Å². The lowest BCUT2D eigenvalue weighted by atomic mass is 9.43. The van der Waals surface area contributed by atoms with E-state index in [1.807, 2.05) is 93.6 Å². The summed E-state index contributed by atoms with van der Waals surface area (Å²) < 4.78 is 6.15. The Balaban J connectivity index is 1.27. The number of hydrogen-bond donors (Lipinski definition) is 2. The molecule has 1 aliphatic heterocycles. The van der Waals surface area contributed by atoms with Crippen LogP contribution in [0.25, 0.3) is 11.1 Å². The quantitative estimate of drug-likeness (QED) is 0.152.